The molecular weight excluding hydrogens is 481 g/mol. The van der Waals surface area contributed by atoms with Gasteiger partial charge in [-0.05, 0) is 36.2 Å². The van der Waals surface area contributed by atoms with Crippen LogP contribution in [0.1, 0.15) is 17.3 Å². The molecule has 0 bridgehead atoms. The summed E-state index contributed by atoms with van der Waals surface area (Å²) >= 11 is 0. The lowest BCUT2D eigenvalue weighted by Crippen LogP contribution is -2.55. The zero-order valence-corrected chi connectivity index (χ0v) is 20.4. The van der Waals surface area contributed by atoms with E-state index in [-0.39, 0.29) is 34.9 Å². The van der Waals surface area contributed by atoms with Crippen molar-refractivity contribution in [2.24, 2.45) is 7.05 Å². The Morgan fingerprint density at radius 1 is 1.30 bits per heavy atom. The number of amides is 1. The molecule has 4 aromatic rings. The first-order chi connectivity index (χ1) is 17.9. The molecule has 190 valence electrons. The Morgan fingerprint density at radius 2 is 2.14 bits per heavy atom. The van der Waals surface area contributed by atoms with Crippen molar-refractivity contribution >= 4 is 39.1 Å². The van der Waals surface area contributed by atoms with Gasteiger partial charge in [0.25, 0.3) is 5.91 Å². The smallest absolute Gasteiger partial charge is 0.357 e. The van der Waals surface area contributed by atoms with Crippen molar-refractivity contribution in [1.82, 2.24) is 25.1 Å². The summed E-state index contributed by atoms with van der Waals surface area (Å²) in [4.78, 5) is 33.5. The first-order valence-electron chi connectivity index (χ1n) is 11.4. The summed E-state index contributed by atoms with van der Waals surface area (Å²) in [5.74, 6) is 1.72. The molecule has 2 aromatic carbocycles. The number of terminal acetylenes is 1. The predicted molar refractivity (Wildman–Crippen MR) is 134 cm³/mol. The van der Waals surface area contributed by atoms with Crippen molar-refractivity contribution in [2.75, 3.05) is 30.4 Å². The van der Waals surface area contributed by atoms with E-state index in [1.54, 1.807) is 31.6 Å². The topological polar surface area (TPSA) is 116 Å². The summed E-state index contributed by atoms with van der Waals surface area (Å²) < 4.78 is 16.1. The molecule has 2 aromatic heterocycles. The second-order valence-electron chi connectivity index (χ2n) is 8.71. The van der Waals surface area contributed by atoms with Gasteiger partial charge in [0.1, 0.15) is 5.52 Å². The number of hydrogen-bond donors (Lipinski definition) is 2. The largest absolute Gasteiger partial charge is 0.367 e. The summed E-state index contributed by atoms with van der Waals surface area (Å²) in [7, 11) is 2.96. The van der Waals surface area contributed by atoms with Gasteiger partial charge in [0.15, 0.2) is 5.82 Å². The third kappa shape index (κ3) is 4.88. The second-order valence-corrected chi connectivity index (χ2v) is 8.71. The van der Waals surface area contributed by atoms with E-state index in [2.05, 4.69) is 46.4 Å². The van der Waals surface area contributed by atoms with Crippen molar-refractivity contribution < 1.29 is 24.0 Å². The van der Waals surface area contributed by atoms with E-state index >= 15 is 0 Å². The molecule has 3 heterocycles. The molecule has 1 saturated heterocycles. The number of anilines is 2. The number of halogens is 1. The molecule has 1 fully saturated rings. The summed E-state index contributed by atoms with van der Waals surface area (Å²) in [6, 6.07) is 6.19. The van der Waals surface area contributed by atoms with Crippen LogP contribution in [0.3, 0.4) is 0 Å². The van der Waals surface area contributed by atoms with Gasteiger partial charge in [-0.15, -0.1) is 6.42 Å². The summed E-state index contributed by atoms with van der Waals surface area (Å²) in [6.45, 7) is 3.30. The lowest BCUT2D eigenvalue weighted by atomic mass is 10.0. The molecule has 0 spiro atoms. The number of rotatable bonds is 6. The Labute approximate surface area is 211 Å². The maximum atomic E-state index is 14.6. The minimum atomic E-state index is -0.542. The first-order valence-corrected chi connectivity index (χ1v) is 11.4. The third-order valence-electron chi connectivity index (χ3n) is 5.99. The van der Waals surface area contributed by atoms with Crippen LogP contribution in [-0.4, -0.2) is 57.9 Å². The molecule has 12 heteroatoms. The van der Waals surface area contributed by atoms with E-state index in [0.717, 1.165) is 5.69 Å². The van der Waals surface area contributed by atoms with E-state index < -0.39 is 11.7 Å². The Morgan fingerprint density at radius 3 is 2.92 bits per heavy atom. The van der Waals surface area contributed by atoms with Gasteiger partial charge >= 0.3 is 6.01 Å². The van der Waals surface area contributed by atoms with Gasteiger partial charge in [-0.25, -0.2) is 9.37 Å². The SMILES string of the molecule is C#C[C@H]1CN(c2ccc(C(=O)Nc3cc(F)c4nn(C)cc4c3)c3nc(OOOC)ncc23)C[C@H](C)N1. The number of hydrogen-bond acceptors (Lipinski definition) is 9. The normalized spacial score (nSPS) is 17.6. The Bertz CT molecular complexity index is 1530. The molecule has 1 aliphatic rings. The Kier molecular flexibility index (Phi) is 6.58. The van der Waals surface area contributed by atoms with Crippen molar-refractivity contribution in [1.29, 1.82) is 0 Å². The number of piperazine rings is 1. The van der Waals surface area contributed by atoms with Gasteiger partial charge in [0, 0.05) is 60.7 Å². The Balaban J connectivity index is 1.54. The second kappa shape index (κ2) is 9.98. The number of benzene rings is 2. The molecule has 2 N–H and O–H groups in total. The molecule has 11 nitrogen and oxygen atoms in total. The minimum absolute atomic E-state index is 0.141. The Hall–Kier alpha value is -4.31. The van der Waals surface area contributed by atoms with Crippen LogP contribution in [0.2, 0.25) is 0 Å². The highest BCUT2D eigenvalue weighted by molar-refractivity contribution is 6.14. The number of carbonyl (C=O) groups excluding carboxylic acids is 1. The molecule has 5 rings (SSSR count). The van der Waals surface area contributed by atoms with Gasteiger partial charge in [0.2, 0.25) is 0 Å². The van der Waals surface area contributed by atoms with E-state index in [1.165, 1.54) is 17.9 Å². The highest BCUT2D eigenvalue weighted by Gasteiger charge is 2.26. The van der Waals surface area contributed by atoms with Crippen LogP contribution in [0.25, 0.3) is 21.8 Å². The number of carbonyl (C=O) groups is 1. The average Bonchev–Trinajstić information content (AvgIpc) is 3.26. The van der Waals surface area contributed by atoms with E-state index in [4.69, 9.17) is 11.3 Å². The van der Waals surface area contributed by atoms with E-state index in [1.807, 2.05) is 13.0 Å². The van der Waals surface area contributed by atoms with Crippen molar-refractivity contribution in [3.8, 4) is 18.4 Å². The fourth-order valence-electron chi connectivity index (χ4n) is 4.51. The maximum Gasteiger partial charge on any atom is 0.357 e. The standard InChI is InChI=1S/C25H24FN7O4/c1-5-16-13-33(11-14(2)28-16)21-7-6-18(23-19(21)10-27-25(30-23)36-37-35-4)24(34)29-17-8-15-12-32(3)31-22(15)20(26)9-17/h1,6-10,12,14,16,28H,11,13H2,2-4H3,(H,29,34)/t14-,16-/m0/s1. The molecular formula is C25H24FN7O4. The quantitative estimate of drug-likeness (QED) is 0.232. The number of aryl methyl sites for hydroxylation is 1. The molecule has 0 aliphatic carbocycles. The van der Waals surface area contributed by atoms with Crippen LogP contribution in [0.5, 0.6) is 6.01 Å². The van der Waals surface area contributed by atoms with E-state index in [0.29, 0.717) is 29.4 Å². The molecule has 1 aliphatic heterocycles. The van der Waals surface area contributed by atoms with Crippen LogP contribution in [0, 0.1) is 18.2 Å². The monoisotopic (exact) mass is 505 g/mol. The lowest BCUT2D eigenvalue weighted by molar-refractivity contribution is -0.456. The fraction of sp³-hybridized carbons (Fsp3) is 0.280. The van der Waals surface area contributed by atoms with Crippen molar-refractivity contribution in [2.45, 2.75) is 19.0 Å². The number of nitrogens with zero attached hydrogens (tertiary/aromatic N) is 5. The van der Waals surface area contributed by atoms with Crippen molar-refractivity contribution in [3.63, 3.8) is 0 Å². The van der Waals surface area contributed by atoms with Crippen LogP contribution >= 0.6 is 0 Å². The first kappa shape index (κ1) is 24.4. The molecule has 2 atom stereocenters. The van der Waals surface area contributed by atoms with Gasteiger partial charge in [-0.1, -0.05) is 5.92 Å². The fourth-order valence-corrected chi connectivity index (χ4v) is 4.51. The van der Waals surface area contributed by atoms with Crippen LogP contribution in [-0.2, 0) is 17.0 Å². The van der Waals surface area contributed by atoms with Crippen LogP contribution < -0.4 is 20.4 Å². The molecule has 37 heavy (non-hydrogen) atoms. The minimum Gasteiger partial charge on any atom is -0.367 e. The number of nitrogens with one attached hydrogen (secondary N) is 2. The predicted octanol–water partition coefficient (Wildman–Crippen LogP) is 2.58. The van der Waals surface area contributed by atoms with E-state index in [9.17, 15) is 9.18 Å². The summed E-state index contributed by atoms with van der Waals surface area (Å²) in [6.07, 6.45) is 8.89. The van der Waals surface area contributed by atoms with Gasteiger partial charge < -0.3 is 10.2 Å². The maximum absolute atomic E-state index is 14.6. The van der Waals surface area contributed by atoms with Crippen LogP contribution in [0.15, 0.2) is 36.7 Å². The van der Waals surface area contributed by atoms with Gasteiger partial charge in [0.05, 0.1) is 24.2 Å². The third-order valence-corrected chi connectivity index (χ3v) is 5.99. The zero-order chi connectivity index (χ0) is 26.1. The summed E-state index contributed by atoms with van der Waals surface area (Å²) in [5.41, 5.74) is 1.85. The molecule has 0 radical (unpaired) electrons. The molecule has 1 amide bonds. The summed E-state index contributed by atoms with van der Waals surface area (Å²) in [5, 5.41) is 15.9. The highest BCUT2D eigenvalue weighted by atomic mass is 19.1. The van der Waals surface area contributed by atoms with Gasteiger partial charge in [-0.2, -0.15) is 15.0 Å². The average molecular weight is 506 g/mol. The number of aromatic nitrogens is 4. The molecule has 0 saturated carbocycles. The van der Waals surface area contributed by atoms with Crippen LogP contribution in [0.4, 0.5) is 15.8 Å². The number of fused-ring (bicyclic) bond motifs is 2. The lowest BCUT2D eigenvalue weighted by Gasteiger charge is -2.37. The zero-order valence-electron chi connectivity index (χ0n) is 20.4. The van der Waals surface area contributed by atoms with Crippen molar-refractivity contribution in [3.05, 3.63) is 48.0 Å². The molecule has 0 unspecified atom stereocenters. The van der Waals surface area contributed by atoms with Gasteiger partial charge in [-0.3, -0.25) is 19.7 Å². The highest BCUT2D eigenvalue weighted by Crippen LogP contribution is 2.31.